The number of nitrogen functional groups attached to an aromatic ring is 1. The number of nitrogens with zero attached hydrogens (tertiary/aromatic N) is 3. The lowest BCUT2D eigenvalue weighted by Gasteiger charge is -2.08. The molecule has 0 spiro atoms. The van der Waals surface area contributed by atoms with E-state index in [0.717, 1.165) is 24.1 Å². The molecule has 0 saturated heterocycles. The van der Waals surface area contributed by atoms with E-state index in [0.29, 0.717) is 0 Å². The summed E-state index contributed by atoms with van der Waals surface area (Å²) in [5, 5.41) is 3.34. The number of alkyl halides is 3. The molecule has 0 unspecified atom stereocenters. The van der Waals surface area contributed by atoms with Gasteiger partial charge in [-0.25, -0.2) is 14.5 Å². The zero-order chi connectivity index (χ0) is 14.9. The van der Waals surface area contributed by atoms with E-state index in [9.17, 15) is 18.0 Å². The van der Waals surface area contributed by atoms with Gasteiger partial charge in [0.25, 0.3) is 0 Å². The molecule has 0 amide bonds. The van der Waals surface area contributed by atoms with Gasteiger partial charge < -0.3 is 10.5 Å². The molecule has 106 valence electrons. The van der Waals surface area contributed by atoms with E-state index in [1.54, 1.807) is 0 Å². The van der Waals surface area contributed by atoms with E-state index in [2.05, 4.69) is 14.8 Å². The van der Waals surface area contributed by atoms with Gasteiger partial charge in [-0.1, -0.05) is 0 Å². The number of ether oxygens (including phenoxy) is 1. The number of carbonyl (C=O) groups excluding carboxylic acids is 1. The number of halogens is 3. The smallest absolute Gasteiger partial charge is 0.435 e. The number of hydrogen-bond acceptors (Lipinski definition) is 5. The Morgan fingerprint density at radius 3 is 2.65 bits per heavy atom. The highest BCUT2D eigenvalue weighted by molar-refractivity contribution is 5.96. The highest BCUT2D eigenvalue weighted by Gasteiger charge is 2.34. The van der Waals surface area contributed by atoms with Crippen molar-refractivity contribution in [3.8, 4) is 5.82 Å². The molecular weight excluding hydrogens is 277 g/mol. The molecule has 2 rings (SSSR count). The number of esters is 1. The lowest BCUT2D eigenvalue weighted by atomic mass is 10.2. The van der Waals surface area contributed by atoms with Gasteiger partial charge in [-0.3, -0.25) is 0 Å². The minimum atomic E-state index is -4.57. The Morgan fingerprint density at radius 2 is 2.10 bits per heavy atom. The number of hydrogen-bond donors (Lipinski definition) is 1. The van der Waals surface area contributed by atoms with E-state index in [1.165, 1.54) is 12.3 Å². The zero-order valence-corrected chi connectivity index (χ0v) is 10.2. The summed E-state index contributed by atoms with van der Waals surface area (Å²) in [6.07, 6.45) is -2.28. The molecule has 0 saturated carbocycles. The maximum atomic E-state index is 12.5. The Kier molecular flexibility index (Phi) is 3.35. The molecule has 2 N–H and O–H groups in total. The third-order valence-electron chi connectivity index (χ3n) is 2.47. The first kappa shape index (κ1) is 13.8. The second-order valence-corrected chi connectivity index (χ2v) is 3.73. The van der Waals surface area contributed by atoms with Gasteiger partial charge >= 0.3 is 12.1 Å². The number of carbonyl (C=O) groups is 1. The van der Waals surface area contributed by atoms with Crippen LogP contribution in [0.5, 0.6) is 0 Å². The highest BCUT2D eigenvalue weighted by Crippen LogP contribution is 2.28. The molecule has 0 radical (unpaired) electrons. The van der Waals surface area contributed by atoms with E-state index in [-0.39, 0.29) is 17.1 Å². The molecule has 0 atom stereocenters. The highest BCUT2D eigenvalue weighted by atomic mass is 19.4. The maximum Gasteiger partial charge on any atom is 0.435 e. The average Bonchev–Trinajstić information content (AvgIpc) is 2.87. The summed E-state index contributed by atoms with van der Waals surface area (Å²) in [6.45, 7) is 0. The van der Waals surface area contributed by atoms with Crippen LogP contribution >= 0.6 is 0 Å². The molecule has 0 aliphatic rings. The van der Waals surface area contributed by atoms with E-state index in [4.69, 9.17) is 5.73 Å². The fraction of sp³-hybridized carbons (Fsp3) is 0.182. The van der Waals surface area contributed by atoms with Crippen molar-refractivity contribution in [2.24, 2.45) is 0 Å². The van der Waals surface area contributed by atoms with E-state index in [1.807, 2.05) is 0 Å². The largest absolute Gasteiger partial charge is 0.465 e. The number of methoxy groups -OCH3 is 1. The minimum absolute atomic E-state index is 0.00144. The molecule has 0 aliphatic carbocycles. The number of rotatable bonds is 2. The molecule has 2 heterocycles. The van der Waals surface area contributed by atoms with Crippen LogP contribution in [0, 0.1) is 0 Å². The molecule has 0 bridgehead atoms. The Morgan fingerprint density at radius 1 is 1.40 bits per heavy atom. The minimum Gasteiger partial charge on any atom is -0.465 e. The first-order chi connectivity index (χ1) is 9.34. The SMILES string of the molecule is COC(=O)c1ccnc(-n2ccc(C(F)(F)F)n2)c1N. The van der Waals surface area contributed by atoms with Gasteiger partial charge in [-0.05, 0) is 12.1 Å². The second kappa shape index (κ2) is 4.83. The van der Waals surface area contributed by atoms with Crippen LogP contribution in [0.2, 0.25) is 0 Å². The van der Waals surface area contributed by atoms with Crippen molar-refractivity contribution in [3.63, 3.8) is 0 Å². The summed E-state index contributed by atoms with van der Waals surface area (Å²) in [4.78, 5) is 15.3. The van der Waals surface area contributed by atoms with Gasteiger partial charge in [0, 0.05) is 12.4 Å². The van der Waals surface area contributed by atoms with Crippen molar-refractivity contribution in [2.45, 2.75) is 6.18 Å². The van der Waals surface area contributed by atoms with Crippen molar-refractivity contribution < 1.29 is 22.7 Å². The molecule has 9 heteroatoms. The topological polar surface area (TPSA) is 83.0 Å². The van der Waals surface area contributed by atoms with Crippen molar-refractivity contribution in [2.75, 3.05) is 12.8 Å². The third kappa shape index (κ3) is 2.42. The lowest BCUT2D eigenvalue weighted by molar-refractivity contribution is -0.141. The fourth-order valence-electron chi connectivity index (χ4n) is 1.53. The molecule has 6 nitrogen and oxygen atoms in total. The summed E-state index contributed by atoms with van der Waals surface area (Å²) < 4.78 is 42.8. The molecule has 0 fully saturated rings. The van der Waals surface area contributed by atoms with Crippen LogP contribution < -0.4 is 5.73 Å². The third-order valence-corrected chi connectivity index (χ3v) is 2.47. The van der Waals surface area contributed by atoms with Crippen LogP contribution in [0.1, 0.15) is 16.1 Å². The van der Waals surface area contributed by atoms with E-state index >= 15 is 0 Å². The van der Waals surface area contributed by atoms with Gasteiger partial charge in [0.05, 0.1) is 18.4 Å². The standard InChI is InChI=1S/C11H9F3N4O2/c1-20-10(19)6-2-4-16-9(8(6)15)18-5-3-7(17-18)11(12,13)14/h2-5H,15H2,1H3. The number of aromatic nitrogens is 3. The van der Waals surface area contributed by atoms with Crippen LogP contribution in [-0.2, 0) is 10.9 Å². The summed E-state index contributed by atoms with van der Waals surface area (Å²) in [6, 6.07) is 2.09. The quantitative estimate of drug-likeness (QED) is 0.849. The van der Waals surface area contributed by atoms with Crippen molar-refractivity contribution in [1.82, 2.24) is 14.8 Å². The molecular formula is C11H9F3N4O2. The monoisotopic (exact) mass is 286 g/mol. The number of pyridine rings is 1. The van der Waals surface area contributed by atoms with Crippen LogP contribution in [0.15, 0.2) is 24.5 Å². The Labute approximate surface area is 111 Å². The molecule has 20 heavy (non-hydrogen) atoms. The van der Waals surface area contributed by atoms with Crippen LogP contribution in [0.4, 0.5) is 18.9 Å². The van der Waals surface area contributed by atoms with Crippen LogP contribution in [-0.4, -0.2) is 27.8 Å². The molecule has 0 aliphatic heterocycles. The molecule has 2 aromatic heterocycles. The summed E-state index contributed by atoms with van der Waals surface area (Å²) in [7, 11) is 1.16. The Balaban J connectivity index is 2.49. The lowest BCUT2D eigenvalue weighted by Crippen LogP contribution is -2.12. The van der Waals surface area contributed by atoms with Gasteiger partial charge in [0.2, 0.25) is 0 Å². The van der Waals surface area contributed by atoms with Crippen molar-refractivity contribution in [1.29, 1.82) is 0 Å². The second-order valence-electron chi connectivity index (χ2n) is 3.73. The fourth-order valence-corrected chi connectivity index (χ4v) is 1.53. The van der Waals surface area contributed by atoms with Crippen molar-refractivity contribution >= 4 is 11.7 Å². The molecule has 0 aromatic carbocycles. The average molecular weight is 286 g/mol. The predicted molar refractivity (Wildman–Crippen MR) is 62.1 cm³/mol. The zero-order valence-electron chi connectivity index (χ0n) is 10.2. The number of nitrogens with two attached hydrogens (primary N) is 1. The van der Waals surface area contributed by atoms with Crippen LogP contribution in [0.3, 0.4) is 0 Å². The van der Waals surface area contributed by atoms with Gasteiger partial charge in [0.1, 0.15) is 0 Å². The van der Waals surface area contributed by atoms with Gasteiger partial charge in [-0.15, -0.1) is 0 Å². The Hall–Kier alpha value is -2.58. The van der Waals surface area contributed by atoms with Gasteiger partial charge in [0.15, 0.2) is 11.5 Å². The maximum absolute atomic E-state index is 12.5. The summed E-state index contributed by atoms with van der Waals surface area (Å²) in [5.41, 5.74) is 4.51. The summed E-state index contributed by atoms with van der Waals surface area (Å²) in [5.74, 6) is -0.794. The predicted octanol–water partition coefficient (Wildman–Crippen LogP) is 1.65. The van der Waals surface area contributed by atoms with E-state index < -0.39 is 17.8 Å². The number of anilines is 1. The van der Waals surface area contributed by atoms with Crippen LogP contribution in [0.25, 0.3) is 5.82 Å². The summed E-state index contributed by atoms with van der Waals surface area (Å²) >= 11 is 0. The first-order valence-corrected chi connectivity index (χ1v) is 5.30. The first-order valence-electron chi connectivity index (χ1n) is 5.30. The molecule has 2 aromatic rings. The van der Waals surface area contributed by atoms with Gasteiger partial charge in [-0.2, -0.15) is 18.3 Å². The van der Waals surface area contributed by atoms with Crippen molar-refractivity contribution in [3.05, 3.63) is 35.8 Å². The Bertz CT molecular complexity index is 651. The normalized spacial score (nSPS) is 11.4.